The Morgan fingerprint density at radius 2 is 2.40 bits per heavy atom. The Labute approximate surface area is 99.5 Å². The SMILES string of the molecule is CC(CS(C)=O)Nc1nc(N)ncc1Br. The first-order valence-electron chi connectivity index (χ1n) is 4.33. The molecule has 1 aromatic heterocycles. The number of nitrogen functional groups attached to an aromatic ring is 1. The quantitative estimate of drug-likeness (QED) is 0.865. The highest BCUT2D eigenvalue weighted by atomic mass is 79.9. The summed E-state index contributed by atoms with van der Waals surface area (Å²) in [7, 11) is -0.834. The molecule has 0 radical (unpaired) electrons. The molecule has 2 unspecified atom stereocenters. The molecular weight excluding hydrogens is 280 g/mol. The van der Waals surface area contributed by atoms with Gasteiger partial charge in [-0.25, -0.2) is 4.98 Å². The Morgan fingerprint density at radius 1 is 1.73 bits per heavy atom. The van der Waals surface area contributed by atoms with Gasteiger partial charge in [0, 0.05) is 35.0 Å². The van der Waals surface area contributed by atoms with Gasteiger partial charge in [-0.3, -0.25) is 4.21 Å². The molecule has 3 N–H and O–H groups in total. The first-order chi connectivity index (χ1) is 6.99. The van der Waals surface area contributed by atoms with Gasteiger partial charge in [0.1, 0.15) is 5.82 Å². The maximum atomic E-state index is 11.0. The van der Waals surface area contributed by atoms with E-state index >= 15 is 0 Å². The van der Waals surface area contributed by atoms with E-state index in [0.29, 0.717) is 11.6 Å². The molecular formula is C8H13BrN4OS. The summed E-state index contributed by atoms with van der Waals surface area (Å²) >= 11 is 3.31. The van der Waals surface area contributed by atoms with Crippen LogP contribution in [-0.4, -0.2) is 32.2 Å². The van der Waals surface area contributed by atoms with Crippen molar-refractivity contribution in [2.75, 3.05) is 23.1 Å². The van der Waals surface area contributed by atoms with Crippen LogP contribution in [0.2, 0.25) is 0 Å². The Hall–Kier alpha value is -0.690. The summed E-state index contributed by atoms with van der Waals surface area (Å²) in [6.07, 6.45) is 3.25. The molecule has 15 heavy (non-hydrogen) atoms. The van der Waals surface area contributed by atoms with E-state index in [-0.39, 0.29) is 12.0 Å². The molecule has 1 heterocycles. The van der Waals surface area contributed by atoms with Crippen molar-refractivity contribution in [2.45, 2.75) is 13.0 Å². The van der Waals surface area contributed by atoms with Crippen LogP contribution < -0.4 is 11.1 Å². The Balaban J connectivity index is 2.71. The van der Waals surface area contributed by atoms with E-state index in [4.69, 9.17) is 5.73 Å². The lowest BCUT2D eigenvalue weighted by Gasteiger charge is -2.14. The molecule has 0 saturated heterocycles. The number of hydrogen-bond donors (Lipinski definition) is 2. The predicted molar refractivity (Wildman–Crippen MR) is 66.2 cm³/mol. The summed E-state index contributed by atoms with van der Waals surface area (Å²) < 4.78 is 11.7. The van der Waals surface area contributed by atoms with Gasteiger partial charge in [0.25, 0.3) is 0 Å². The summed E-state index contributed by atoms with van der Waals surface area (Å²) in [5.41, 5.74) is 5.46. The molecule has 0 saturated carbocycles. The van der Waals surface area contributed by atoms with Gasteiger partial charge in [0.05, 0.1) is 4.47 Å². The molecule has 84 valence electrons. The number of aromatic nitrogens is 2. The fourth-order valence-corrected chi connectivity index (χ4v) is 2.20. The van der Waals surface area contributed by atoms with Gasteiger partial charge < -0.3 is 11.1 Å². The largest absolute Gasteiger partial charge is 0.368 e. The van der Waals surface area contributed by atoms with E-state index in [1.54, 1.807) is 12.5 Å². The van der Waals surface area contributed by atoms with Crippen LogP contribution in [0.5, 0.6) is 0 Å². The smallest absolute Gasteiger partial charge is 0.221 e. The molecule has 2 atom stereocenters. The molecule has 7 heteroatoms. The summed E-state index contributed by atoms with van der Waals surface area (Å²) in [5, 5.41) is 3.11. The van der Waals surface area contributed by atoms with E-state index in [0.717, 1.165) is 4.47 Å². The number of anilines is 2. The normalized spacial score (nSPS) is 14.6. The van der Waals surface area contributed by atoms with Crippen molar-refractivity contribution >= 4 is 38.5 Å². The number of rotatable bonds is 4. The molecule has 0 bridgehead atoms. The average Bonchev–Trinajstić information content (AvgIpc) is 2.10. The first kappa shape index (κ1) is 12.4. The molecule has 0 aliphatic rings. The lowest BCUT2D eigenvalue weighted by Crippen LogP contribution is -2.23. The minimum atomic E-state index is -0.834. The molecule has 0 spiro atoms. The van der Waals surface area contributed by atoms with Gasteiger partial charge >= 0.3 is 0 Å². The van der Waals surface area contributed by atoms with Gasteiger partial charge in [-0.05, 0) is 22.9 Å². The van der Waals surface area contributed by atoms with Crippen LogP contribution in [0.3, 0.4) is 0 Å². The first-order valence-corrected chi connectivity index (χ1v) is 6.85. The van der Waals surface area contributed by atoms with Gasteiger partial charge in [0.2, 0.25) is 5.95 Å². The molecule has 0 fully saturated rings. The maximum absolute atomic E-state index is 11.0. The van der Waals surface area contributed by atoms with Crippen molar-refractivity contribution in [1.29, 1.82) is 0 Å². The minimum absolute atomic E-state index is 0.0708. The summed E-state index contributed by atoms with van der Waals surface area (Å²) in [6.45, 7) is 1.94. The zero-order valence-electron chi connectivity index (χ0n) is 8.53. The minimum Gasteiger partial charge on any atom is -0.368 e. The molecule has 0 aliphatic carbocycles. The van der Waals surface area contributed by atoms with E-state index in [9.17, 15) is 4.21 Å². The van der Waals surface area contributed by atoms with Gasteiger partial charge in [0.15, 0.2) is 0 Å². The molecule has 1 rings (SSSR count). The Morgan fingerprint density at radius 3 is 3.00 bits per heavy atom. The fraction of sp³-hybridized carbons (Fsp3) is 0.500. The third kappa shape index (κ3) is 4.13. The van der Waals surface area contributed by atoms with E-state index in [2.05, 4.69) is 31.2 Å². The van der Waals surface area contributed by atoms with Crippen LogP contribution >= 0.6 is 15.9 Å². The third-order valence-corrected chi connectivity index (χ3v) is 3.18. The van der Waals surface area contributed by atoms with Crippen LogP contribution in [0, 0.1) is 0 Å². The van der Waals surface area contributed by atoms with Crippen LogP contribution in [0.25, 0.3) is 0 Å². The Kier molecular flexibility index (Phi) is 4.46. The number of nitrogens with two attached hydrogens (primary N) is 1. The third-order valence-electron chi connectivity index (χ3n) is 1.63. The second-order valence-electron chi connectivity index (χ2n) is 3.21. The van der Waals surface area contributed by atoms with E-state index in [1.807, 2.05) is 6.92 Å². The number of halogens is 1. The van der Waals surface area contributed by atoms with Crippen LogP contribution in [0.4, 0.5) is 11.8 Å². The van der Waals surface area contributed by atoms with Crippen LogP contribution in [0.1, 0.15) is 6.92 Å². The van der Waals surface area contributed by atoms with E-state index in [1.165, 1.54) is 0 Å². The fourth-order valence-electron chi connectivity index (χ4n) is 1.11. The van der Waals surface area contributed by atoms with Gasteiger partial charge in [-0.1, -0.05) is 0 Å². The lowest BCUT2D eigenvalue weighted by molar-refractivity contribution is 0.683. The van der Waals surface area contributed by atoms with Crippen molar-refractivity contribution in [3.8, 4) is 0 Å². The highest BCUT2D eigenvalue weighted by Crippen LogP contribution is 2.19. The highest BCUT2D eigenvalue weighted by molar-refractivity contribution is 9.10. The van der Waals surface area contributed by atoms with Crippen LogP contribution in [0.15, 0.2) is 10.7 Å². The number of nitrogens with zero attached hydrogens (tertiary/aromatic N) is 2. The lowest BCUT2D eigenvalue weighted by atomic mass is 10.4. The van der Waals surface area contributed by atoms with Crippen molar-refractivity contribution < 1.29 is 4.21 Å². The van der Waals surface area contributed by atoms with Gasteiger partial charge in [-0.15, -0.1) is 0 Å². The second kappa shape index (κ2) is 5.41. The average molecular weight is 293 g/mol. The summed E-state index contributed by atoms with van der Waals surface area (Å²) in [6, 6.07) is 0.0708. The van der Waals surface area contributed by atoms with Gasteiger partial charge in [-0.2, -0.15) is 4.98 Å². The molecule has 1 aromatic rings. The Bertz CT molecular complexity index is 374. The number of hydrogen-bond acceptors (Lipinski definition) is 5. The standard InChI is InChI=1S/C8H13BrN4OS/c1-5(4-15(2)14)12-7-6(9)3-11-8(10)13-7/h3,5H,4H2,1-2H3,(H3,10,11,12,13). The monoisotopic (exact) mass is 292 g/mol. The zero-order valence-corrected chi connectivity index (χ0v) is 10.9. The maximum Gasteiger partial charge on any atom is 0.221 e. The molecule has 5 nitrogen and oxygen atoms in total. The van der Waals surface area contributed by atoms with Crippen molar-refractivity contribution in [3.63, 3.8) is 0 Å². The molecule has 0 amide bonds. The predicted octanol–water partition coefficient (Wildman–Crippen LogP) is 1.00. The van der Waals surface area contributed by atoms with Crippen molar-refractivity contribution in [1.82, 2.24) is 9.97 Å². The van der Waals surface area contributed by atoms with Crippen LogP contribution in [-0.2, 0) is 10.8 Å². The topological polar surface area (TPSA) is 80.9 Å². The second-order valence-corrected chi connectivity index (χ2v) is 5.54. The summed E-state index contributed by atoms with van der Waals surface area (Å²) in [5.74, 6) is 1.40. The molecule has 0 aliphatic heterocycles. The molecule has 0 aromatic carbocycles. The highest BCUT2D eigenvalue weighted by Gasteiger charge is 2.08. The van der Waals surface area contributed by atoms with Crippen molar-refractivity contribution in [2.24, 2.45) is 0 Å². The number of nitrogens with one attached hydrogen (secondary N) is 1. The van der Waals surface area contributed by atoms with E-state index < -0.39 is 10.8 Å². The van der Waals surface area contributed by atoms with Crippen molar-refractivity contribution in [3.05, 3.63) is 10.7 Å². The summed E-state index contributed by atoms with van der Waals surface area (Å²) in [4.78, 5) is 7.86. The zero-order chi connectivity index (χ0) is 11.4.